The van der Waals surface area contributed by atoms with Crippen LogP contribution in [0.1, 0.15) is 6.92 Å². The fraction of sp³-hybridized carbons (Fsp3) is 0.857. The molecule has 0 saturated carbocycles. The van der Waals surface area contributed by atoms with Crippen LogP contribution in [-0.4, -0.2) is 42.4 Å². The lowest BCUT2D eigenvalue weighted by Crippen LogP contribution is -2.60. The van der Waals surface area contributed by atoms with Gasteiger partial charge >= 0.3 is 12.2 Å². The summed E-state index contributed by atoms with van der Waals surface area (Å²) in [4.78, 5) is 11.3. The highest BCUT2D eigenvalue weighted by atomic mass is 19.4. The molecular weight excluding hydrogens is 201 g/mol. The molecule has 1 saturated heterocycles. The molecule has 2 amide bonds. The van der Waals surface area contributed by atoms with E-state index < -0.39 is 24.4 Å². The van der Waals surface area contributed by atoms with Gasteiger partial charge < -0.3 is 15.4 Å². The number of ether oxygens (including phenoxy) is 1. The molecule has 0 radical (unpaired) electrons. The van der Waals surface area contributed by atoms with Crippen LogP contribution in [0, 0.1) is 0 Å². The van der Waals surface area contributed by atoms with E-state index in [0.717, 1.165) is 0 Å². The Morgan fingerprint density at radius 1 is 1.57 bits per heavy atom. The van der Waals surface area contributed by atoms with Crippen LogP contribution in [0.25, 0.3) is 0 Å². The van der Waals surface area contributed by atoms with E-state index in [1.807, 2.05) is 0 Å². The molecular formula is C7H11F3N2O2. The number of carbonyl (C=O) groups excluding carboxylic acids is 1. The minimum Gasteiger partial charge on any atom is -0.374 e. The molecule has 4 nitrogen and oxygen atoms in total. The summed E-state index contributed by atoms with van der Waals surface area (Å²) in [7, 11) is 0. The summed E-state index contributed by atoms with van der Waals surface area (Å²) in [5.74, 6) is 0. The molecule has 1 fully saturated rings. The number of rotatable bonds is 0. The standard InChI is InChI=1S/C7H11F3N2O2/c1-4-5(7(8,9)10)12(6(11)13)2-3-14-4/h4-5H,2-3H2,1H3,(H2,11,13)/t4-,5-/m0/s1. The summed E-state index contributed by atoms with van der Waals surface area (Å²) in [6.45, 7) is 1.23. The Kier molecular flexibility index (Phi) is 2.89. The number of amides is 2. The van der Waals surface area contributed by atoms with E-state index in [4.69, 9.17) is 10.5 Å². The third-order valence-corrected chi connectivity index (χ3v) is 2.11. The number of hydrogen-bond acceptors (Lipinski definition) is 2. The molecule has 0 aromatic rings. The molecule has 82 valence electrons. The Hall–Kier alpha value is -0.980. The Bertz CT molecular complexity index is 231. The smallest absolute Gasteiger partial charge is 0.374 e. The summed E-state index contributed by atoms with van der Waals surface area (Å²) in [5.41, 5.74) is 4.85. The molecule has 14 heavy (non-hydrogen) atoms. The van der Waals surface area contributed by atoms with Crippen molar-refractivity contribution in [2.75, 3.05) is 13.2 Å². The number of nitrogens with two attached hydrogens (primary N) is 1. The molecule has 0 aromatic carbocycles. The summed E-state index contributed by atoms with van der Waals surface area (Å²) in [5, 5.41) is 0. The number of alkyl halides is 3. The van der Waals surface area contributed by atoms with Crippen molar-refractivity contribution in [3.63, 3.8) is 0 Å². The van der Waals surface area contributed by atoms with Crippen LogP contribution in [0.4, 0.5) is 18.0 Å². The van der Waals surface area contributed by atoms with Crippen molar-refractivity contribution in [1.82, 2.24) is 4.90 Å². The summed E-state index contributed by atoms with van der Waals surface area (Å²) in [6.07, 6.45) is -5.58. The van der Waals surface area contributed by atoms with Crippen molar-refractivity contribution in [3.8, 4) is 0 Å². The third kappa shape index (κ3) is 2.09. The van der Waals surface area contributed by atoms with Crippen LogP contribution in [0.2, 0.25) is 0 Å². The van der Waals surface area contributed by atoms with Gasteiger partial charge in [0.05, 0.1) is 12.7 Å². The molecule has 0 aliphatic carbocycles. The number of urea groups is 1. The highest BCUT2D eigenvalue weighted by Gasteiger charge is 2.50. The van der Waals surface area contributed by atoms with Crippen LogP contribution < -0.4 is 5.73 Å². The van der Waals surface area contributed by atoms with Crippen LogP contribution in [-0.2, 0) is 4.74 Å². The van der Waals surface area contributed by atoms with Gasteiger partial charge in [0.2, 0.25) is 0 Å². The van der Waals surface area contributed by atoms with Crippen LogP contribution in [0.3, 0.4) is 0 Å². The predicted octanol–water partition coefficient (Wildman–Crippen LogP) is 0.717. The van der Waals surface area contributed by atoms with Gasteiger partial charge in [-0.05, 0) is 6.92 Å². The number of carbonyl (C=O) groups is 1. The quantitative estimate of drug-likeness (QED) is 0.643. The van der Waals surface area contributed by atoms with Crippen LogP contribution in [0.5, 0.6) is 0 Å². The zero-order chi connectivity index (χ0) is 10.9. The highest BCUT2D eigenvalue weighted by Crippen LogP contribution is 2.30. The van der Waals surface area contributed by atoms with E-state index >= 15 is 0 Å². The Morgan fingerprint density at radius 3 is 2.50 bits per heavy atom. The molecule has 0 aromatic heterocycles. The topological polar surface area (TPSA) is 55.6 Å². The summed E-state index contributed by atoms with van der Waals surface area (Å²) in [6, 6.07) is -3.00. The zero-order valence-electron chi connectivity index (χ0n) is 7.54. The number of morpholine rings is 1. The van der Waals surface area contributed by atoms with Gasteiger partial charge in [0, 0.05) is 6.54 Å². The predicted molar refractivity (Wildman–Crippen MR) is 41.5 cm³/mol. The van der Waals surface area contributed by atoms with Gasteiger partial charge in [-0.15, -0.1) is 0 Å². The second-order valence-corrected chi connectivity index (χ2v) is 3.09. The van der Waals surface area contributed by atoms with Gasteiger partial charge in [0.15, 0.2) is 6.04 Å². The lowest BCUT2D eigenvalue weighted by atomic mass is 10.1. The van der Waals surface area contributed by atoms with Gasteiger partial charge in [-0.3, -0.25) is 0 Å². The largest absolute Gasteiger partial charge is 0.411 e. The Labute approximate surface area is 78.8 Å². The van der Waals surface area contributed by atoms with Crippen LogP contribution >= 0.6 is 0 Å². The molecule has 0 spiro atoms. The monoisotopic (exact) mass is 212 g/mol. The minimum absolute atomic E-state index is 0.0800. The molecule has 2 N–H and O–H groups in total. The summed E-state index contributed by atoms with van der Waals surface area (Å²) >= 11 is 0. The van der Waals surface area contributed by atoms with E-state index in [0.29, 0.717) is 4.90 Å². The SMILES string of the molecule is C[C@@H]1OCCN(C(N)=O)[C@@H]1C(F)(F)F. The third-order valence-electron chi connectivity index (χ3n) is 2.11. The maximum absolute atomic E-state index is 12.5. The second-order valence-electron chi connectivity index (χ2n) is 3.09. The maximum atomic E-state index is 12.5. The molecule has 1 aliphatic rings. The van der Waals surface area contributed by atoms with Gasteiger partial charge in [-0.25, -0.2) is 4.79 Å². The normalized spacial score (nSPS) is 29.0. The van der Waals surface area contributed by atoms with Gasteiger partial charge in [0.1, 0.15) is 0 Å². The van der Waals surface area contributed by atoms with Gasteiger partial charge in [-0.2, -0.15) is 13.2 Å². The van der Waals surface area contributed by atoms with Crippen molar-refractivity contribution < 1.29 is 22.7 Å². The first kappa shape index (κ1) is 11.1. The Morgan fingerprint density at radius 2 is 2.14 bits per heavy atom. The first-order valence-electron chi connectivity index (χ1n) is 4.08. The molecule has 1 rings (SSSR count). The van der Waals surface area contributed by atoms with E-state index in [1.54, 1.807) is 0 Å². The Balaban J connectivity index is 2.87. The van der Waals surface area contributed by atoms with Gasteiger partial charge in [0.25, 0.3) is 0 Å². The average molecular weight is 212 g/mol. The number of primary amides is 1. The van der Waals surface area contributed by atoms with E-state index in [1.165, 1.54) is 6.92 Å². The van der Waals surface area contributed by atoms with Gasteiger partial charge in [-0.1, -0.05) is 0 Å². The number of hydrogen-bond donors (Lipinski definition) is 1. The van der Waals surface area contributed by atoms with Crippen molar-refractivity contribution in [2.24, 2.45) is 5.73 Å². The van der Waals surface area contributed by atoms with Crippen molar-refractivity contribution in [3.05, 3.63) is 0 Å². The minimum atomic E-state index is -4.51. The van der Waals surface area contributed by atoms with Crippen molar-refractivity contribution in [1.29, 1.82) is 0 Å². The molecule has 0 bridgehead atoms. The molecule has 1 heterocycles. The van der Waals surface area contributed by atoms with Crippen LogP contribution in [0.15, 0.2) is 0 Å². The number of nitrogens with zero attached hydrogens (tertiary/aromatic N) is 1. The average Bonchev–Trinajstić information content (AvgIpc) is 2.01. The van der Waals surface area contributed by atoms with Crippen molar-refractivity contribution >= 4 is 6.03 Å². The second kappa shape index (κ2) is 3.64. The fourth-order valence-corrected chi connectivity index (χ4v) is 1.51. The molecule has 1 aliphatic heterocycles. The molecule has 2 atom stereocenters. The summed E-state index contributed by atoms with van der Waals surface area (Å²) < 4.78 is 42.2. The lowest BCUT2D eigenvalue weighted by molar-refractivity contribution is -0.219. The van der Waals surface area contributed by atoms with E-state index in [2.05, 4.69) is 0 Å². The molecule has 0 unspecified atom stereocenters. The highest BCUT2D eigenvalue weighted by molar-refractivity contribution is 5.72. The lowest BCUT2D eigenvalue weighted by Gasteiger charge is -2.39. The number of halogens is 3. The molecule has 7 heteroatoms. The zero-order valence-corrected chi connectivity index (χ0v) is 7.54. The maximum Gasteiger partial charge on any atom is 0.411 e. The van der Waals surface area contributed by atoms with Crippen molar-refractivity contribution in [2.45, 2.75) is 25.2 Å². The first-order valence-corrected chi connectivity index (χ1v) is 4.08. The van der Waals surface area contributed by atoms with E-state index in [9.17, 15) is 18.0 Å². The fourth-order valence-electron chi connectivity index (χ4n) is 1.51. The van der Waals surface area contributed by atoms with E-state index in [-0.39, 0.29) is 13.2 Å². The first-order chi connectivity index (χ1) is 6.34.